The van der Waals surface area contributed by atoms with E-state index in [9.17, 15) is 13.2 Å². The van der Waals surface area contributed by atoms with E-state index in [2.05, 4.69) is 9.98 Å². The number of amides is 1. The largest absolute Gasteiger partial charge is 0.316 e. The van der Waals surface area contributed by atoms with E-state index < -0.39 is 9.84 Å². The molecule has 0 spiro atoms. The molecule has 4 rings (SSSR count). The van der Waals surface area contributed by atoms with Crippen molar-refractivity contribution in [1.29, 1.82) is 0 Å². The average Bonchev–Trinajstić information content (AvgIpc) is 3.25. The molecule has 2 aromatic heterocycles. The van der Waals surface area contributed by atoms with Crippen molar-refractivity contribution in [3.63, 3.8) is 0 Å². The van der Waals surface area contributed by atoms with E-state index in [-0.39, 0.29) is 10.8 Å². The Kier molecular flexibility index (Phi) is 4.90. The van der Waals surface area contributed by atoms with E-state index in [0.29, 0.717) is 16.9 Å². The van der Waals surface area contributed by atoms with Gasteiger partial charge in [-0.25, -0.2) is 13.4 Å². The van der Waals surface area contributed by atoms with Crippen molar-refractivity contribution in [2.24, 2.45) is 4.99 Å². The normalized spacial score (nSPS) is 12.9. The summed E-state index contributed by atoms with van der Waals surface area (Å²) in [6, 6.07) is 10.4. The van der Waals surface area contributed by atoms with Gasteiger partial charge in [-0.3, -0.25) is 4.79 Å². The molecule has 0 bridgehead atoms. The molecule has 0 radical (unpaired) electrons. The Labute approximate surface area is 169 Å². The van der Waals surface area contributed by atoms with Gasteiger partial charge in [0, 0.05) is 18.4 Å². The maximum Gasteiger partial charge on any atom is 0.279 e. The lowest BCUT2D eigenvalue weighted by Gasteiger charge is -2.03. The molecule has 2 heterocycles. The van der Waals surface area contributed by atoms with Crippen LogP contribution in [0.1, 0.15) is 23.7 Å². The van der Waals surface area contributed by atoms with Crippen molar-refractivity contribution in [2.45, 2.75) is 24.8 Å². The minimum Gasteiger partial charge on any atom is -0.316 e. The Morgan fingerprint density at radius 1 is 1.18 bits per heavy atom. The fourth-order valence-corrected chi connectivity index (χ4v) is 5.48. The third-order valence-corrected chi connectivity index (χ3v) is 7.25. The van der Waals surface area contributed by atoms with Crippen LogP contribution in [-0.2, 0) is 16.4 Å². The summed E-state index contributed by atoms with van der Waals surface area (Å²) in [6.07, 6.45) is 2.06. The van der Waals surface area contributed by atoms with E-state index in [4.69, 9.17) is 0 Å². The van der Waals surface area contributed by atoms with Gasteiger partial charge in [0.05, 0.1) is 30.8 Å². The molecular weight excluding hydrogens is 414 g/mol. The molecule has 6 nitrogen and oxygen atoms in total. The number of benzene rings is 2. The third-order valence-electron chi connectivity index (χ3n) is 4.30. The second-order valence-corrected chi connectivity index (χ2v) is 10.3. The number of fused-ring (bicyclic) bond motifs is 2. The van der Waals surface area contributed by atoms with Gasteiger partial charge in [-0.2, -0.15) is 4.99 Å². The summed E-state index contributed by atoms with van der Waals surface area (Å²) in [5, 5.41) is 0. The highest BCUT2D eigenvalue weighted by Gasteiger charge is 2.13. The number of rotatable bonds is 4. The fourth-order valence-electron chi connectivity index (χ4n) is 2.95. The molecule has 0 N–H and O–H groups in total. The van der Waals surface area contributed by atoms with E-state index in [1.54, 1.807) is 35.8 Å². The van der Waals surface area contributed by atoms with E-state index in [1.807, 2.05) is 17.6 Å². The lowest BCUT2D eigenvalue weighted by atomic mass is 10.2. The number of nitrogens with zero attached hydrogens (tertiary/aromatic N) is 3. The zero-order valence-electron chi connectivity index (χ0n) is 15.2. The number of aryl methyl sites for hydroxylation is 1. The van der Waals surface area contributed by atoms with Gasteiger partial charge in [0.25, 0.3) is 5.91 Å². The monoisotopic (exact) mass is 431 g/mol. The van der Waals surface area contributed by atoms with Crippen molar-refractivity contribution in [2.75, 3.05) is 6.26 Å². The molecule has 0 aliphatic rings. The predicted octanol–water partition coefficient (Wildman–Crippen LogP) is 3.87. The van der Waals surface area contributed by atoms with E-state index in [1.165, 1.54) is 28.9 Å². The SMILES string of the molecule is CCCn1c(=NC(=O)c2ccc3ncsc3c2)sc2cc(S(C)(=O)=O)ccc21. The average molecular weight is 432 g/mol. The molecule has 28 heavy (non-hydrogen) atoms. The second kappa shape index (κ2) is 7.23. The van der Waals surface area contributed by atoms with Crippen LogP contribution < -0.4 is 4.80 Å². The number of sulfone groups is 1. The summed E-state index contributed by atoms with van der Waals surface area (Å²) in [5.41, 5.74) is 3.99. The molecule has 0 saturated carbocycles. The Morgan fingerprint density at radius 3 is 2.75 bits per heavy atom. The summed E-state index contributed by atoms with van der Waals surface area (Å²) >= 11 is 2.80. The van der Waals surface area contributed by atoms with Crippen molar-refractivity contribution < 1.29 is 13.2 Å². The Bertz CT molecular complexity index is 1380. The van der Waals surface area contributed by atoms with Gasteiger partial charge in [0.2, 0.25) is 0 Å². The van der Waals surface area contributed by atoms with Crippen molar-refractivity contribution >= 4 is 58.9 Å². The van der Waals surface area contributed by atoms with Crippen LogP contribution in [0.4, 0.5) is 0 Å². The van der Waals surface area contributed by atoms with Gasteiger partial charge < -0.3 is 4.57 Å². The molecule has 144 valence electrons. The Balaban J connectivity index is 1.85. The first kappa shape index (κ1) is 19.0. The maximum absolute atomic E-state index is 12.8. The van der Waals surface area contributed by atoms with Crippen LogP contribution in [-0.4, -0.2) is 30.1 Å². The number of carbonyl (C=O) groups excluding carboxylic acids is 1. The first-order chi connectivity index (χ1) is 13.4. The molecule has 0 saturated heterocycles. The second-order valence-electron chi connectivity index (χ2n) is 6.39. The highest BCUT2D eigenvalue weighted by molar-refractivity contribution is 7.90. The van der Waals surface area contributed by atoms with Crippen molar-refractivity contribution in [3.8, 4) is 0 Å². The first-order valence-electron chi connectivity index (χ1n) is 8.62. The minimum atomic E-state index is -3.30. The molecule has 1 amide bonds. The summed E-state index contributed by atoms with van der Waals surface area (Å²) in [4.78, 5) is 22.2. The lowest BCUT2D eigenvalue weighted by Crippen LogP contribution is -2.16. The molecule has 4 aromatic rings. The molecule has 0 aliphatic heterocycles. The quantitative estimate of drug-likeness (QED) is 0.491. The summed E-state index contributed by atoms with van der Waals surface area (Å²) in [7, 11) is -3.30. The van der Waals surface area contributed by atoms with Gasteiger partial charge in [-0.15, -0.1) is 11.3 Å². The lowest BCUT2D eigenvalue weighted by molar-refractivity contribution is 0.0998. The summed E-state index contributed by atoms with van der Waals surface area (Å²) < 4.78 is 27.4. The van der Waals surface area contributed by atoms with Crippen LogP contribution in [0, 0.1) is 0 Å². The Hall–Kier alpha value is -2.36. The number of carbonyl (C=O) groups is 1. The number of hydrogen-bond donors (Lipinski definition) is 0. The third kappa shape index (κ3) is 3.52. The fraction of sp³-hybridized carbons (Fsp3) is 0.211. The molecule has 0 unspecified atom stereocenters. The van der Waals surface area contributed by atoms with E-state index >= 15 is 0 Å². The summed E-state index contributed by atoms with van der Waals surface area (Å²) in [5.74, 6) is -0.324. The van der Waals surface area contributed by atoms with Crippen molar-refractivity contribution in [1.82, 2.24) is 9.55 Å². The van der Waals surface area contributed by atoms with Crippen LogP contribution >= 0.6 is 22.7 Å². The van der Waals surface area contributed by atoms with Crippen LogP contribution in [0.2, 0.25) is 0 Å². The van der Waals surface area contributed by atoms with Gasteiger partial charge >= 0.3 is 0 Å². The zero-order chi connectivity index (χ0) is 19.9. The van der Waals surface area contributed by atoms with Gasteiger partial charge in [0.15, 0.2) is 14.6 Å². The number of thiazole rings is 2. The topological polar surface area (TPSA) is 81.4 Å². The standard InChI is InChI=1S/C19H17N3O3S3/c1-3-8-22-15-7-5-13(28(2,24)25)10-17(15)27-19(22)21-18(23)12-4-6-14-16(9-12)26-11-20-14/h4-7,9-11H,3,8H2,1-2H3. The highest BCUT2D eigenvalue weighted by atomic mass is 32.2. The predicted molar refractivity (Wildman–Crippen MR) is 113 cm³/mol. The smallest absolute Gasteiger partial charge is 0.279 e. The number of aromatic nitrogens is 2. The molecule has 0 aliphatic carbocycles. The summed E-state index contributed by atoms with van der Waals surface area (Å²) in [6.45, 7) is 2.74. The van der Waals surface area contributed by atoms with Crippen LogP contribution in [0.15, 0.2) is 51.8 Å². The molecule has 9 heteroatoms. The van der Waals surface area contributed by atoms with Gasteiger partial charge in [0.1, 0.15) is 0 Å². The molecule has 0 atom stereocenters. The van der Waals surface area contributed by atoms with Crippen LogP contribution in [0.3, 0.4) is 0 Å². The maximum atomic E-state index is 12.8. The number of hydrogen-bond acceptors (Lipinski definition) is 6. The molecule has 2 aromatic carbocycles. The van der Waals surface area contributed by atoms with Crippen molar-refractivity contribution in [3.05, 3.63) is 52.3 Å². The van der Waals surface area contributed by atoms with Crippen LogP contribution in [0.5, 0.6) is 0 Å². The molecular formula is C19H17N3O3S3. The van der Waals surface area contributed by atoms with E-state index in [0.717, 1.165) is 26.9 Å². The zero-order valence-corrected chi connectivity index (χ0v) is 17.7. The first-order valence-corrected chi connectivity index (χ1v) is 12.2. The highest BCUT2D eigenvalue weighted by Crippen LogP contribution is 2.23. The van der Waals surface area contributed by atoms with Crippen LogP contribution in [0.25, 0.3) is 20.4 Å². The Morgan fingerprint density at radius 2 is 2.00 bits per heavy atom. The van der Waals surface area contributed by atoms with Gasteiger partial charge in [-0.1, -0.05) is 18.3 Å². The molecule has 0 fully saturated rings. The van der Waals surface area contributed by atoms with Gasteiger partial charge in [-0.05, 0) is 42.8 Å². The minimum absolute atomic E-state index is 0.262.